The first-order valence-electron chi connectivity index (χ1n) is 2.62. The molecule has 0 spiro atoms. The van der Waals surface area contributed by atoms with Gasteiger partial charge in [0.05, 0.1) is 0 Å². The molecule has 0 radical (unpaired) electrons. The highest BCUT2D eigenvalue weighted by molar-refractivity contribution is 5.72. The molecule has 0 aromatic heterocycles. The van der Waals surface area contributed by atoms with Crippen LogP contribution in [0.1, 0.15) is 49.0 Å². The van der Waals surface area contributed by atoms with Gasteiger partial charge in [0.2, 0.25) is 0 Å². The minimum atomic E-state index is 0. The third-order valence-corrected chi connectivity index (χ3v) is 0. The average Bonchev–Trinajstić information content (AvgIpc) is 1.33. The third-order valence-electron chi connectivity index (χ3n) is 0. The van der Waals surface area contributed by atoms with Crippen molar-refractivity contribution in [1.82, 2.24) is 0 Å². The molecule has 1 heteroatoms. The van der Waals surface area contributed by atoms with Gasteiger partial charge in [-0.2, -0.15) is 0 Å². The van der Waals surface area contributed by atoms with E-state index in [2.05, 4.69) is 13.8 Å². The summed E-state index contributed by atoms with van der Waals surface area (Å²) < 4.78 is 0. The molecule has 0 unspecified atom stereocenters. The van der Waals surface area contributed by atoms with Crippen LogP contribution in [0.15, 0.2) is 0 Å². The van der Waals surface area contributed by atoms with Gasteiger partial charge in [-0.25, -0.2) is 0 Å². The molecule has 0 amide bonds. The largest absolute Gasteiger partial charge is 0.300 e. The monoisotopic (exact) mass is 134 g/mol. The molecule has 1 nitrogen and oxygen atoms in total. The molecule has 0 aromatic carbocycles. The van der Waals surface area contributed by atoms with Crippen LogP contribution in [0.25, 0.3) is 0 Å². The number of Topliss-reactive ketones (excluding diaryl/α,β-unsaturated/α-hetero) is 1. The van der Waals surface area contributed by atoms with Gasteiger partial charge in [0, 0.05) is 0 Å². The smallest absolute Gasteiger partial charge is 0.126 e. The van der Waals surface area contributed by atoms with E-state index in [0.29, 0.717) is 0 Å². The van der Waals surface area contributed by atoms with E-state index in [4.69, 9.17) is 0 Å². The van der Waals surface area contributed by atoms with Gasteiger partial charge in [-0.3, -0.25) is 0 Å². The fourth-order valence-electron chi connectivity index (χ4n) is 0. The van der Waals surface area contributed by atoms with E-state index >= 15 is 0 Å². The summed E-state index contributed by atoms with van der Waals surface area (Å²) in [6, 6.07) is 0. The van der Waals surface area contributed by atoms with Crippen LogP contribution in [0.2, 0.25) is 0 Å². The zero-order valence-electron chi connectivity index (χ0n) is 5.62. The number of rotatable bonds is 0. The topological polar surface area (TPSA) is 17.1 Å². The lowest BCUT2D eigenvalue weighted by atomic mass is 10.6. The van der Waals surface area contributed by atoms with Crippen molar-refractivity contribution in [1.29, 1.82) is 0 Å². The normalized spacial score (nSPS) is 4.89. The van der Waals surface area contributed by atoms with E-state index < -0.39 is 0 Å². The zero-order valence-corrected chi connectivity index (χ0v) is 5.62. The zero-order chi connectivity index (χ0) is 6.28. The summed E-state index contributed by atoms with van der Waals surface area (Å²) in [5.74, 6) is 0.167. The van der Waals surface area contributed by atoms with E-state index in [-0.39, 0.29) is 20.6 Å². The molecular weight excluding hydrogens is 112 g/mol. The van der Waals surface area contributed by atoms with Crippen LogP contribution in [0.3, 0.4) is 0 Å². The highest BCUT2D eigenvalue weighted by Crippen LogP contribution is 1.56. The Morgan fingerprint density at radius 2 is 1.11 bits per heavy atom. The molecule has 0 aliphatic carbocycles. The van der Waals surface area contributed by atoms with Crippen LogP contribution in [0.5, 0.6) is 0 Å². The van der Waals surface area contributed by atoms with E-state index in [1.807, 2.05) is 0 Å². The van der Waals surface area contributed by atoms with E-state index in [1.165, 1.54) is 20.3 Å². The summed E-state index contributed by atoms with van der Waals surface area (Å²) in [5, 5.41) is 0. The molecule has 0 heterocycles. The second kappa shape index (κ2) is 25.3. The number of ketones is 1. The molecule has 0 fully saturated rings. The van der Waals surface area contributed by atoms with Crippen molar-refractivity contribution in [3.63, 3.8) is 0 Å². The molecule has 0 aliphatic heterocycles. The second-order valence-electron chi connectivity index (χ2n) is 1.62. The van der Waals surface area contributed by atoms with Gasteiger partial charge in [0.15, 0.2) is 0 Å². The molecular formula is C8H22O. The van der Waals surface area contributed by atoms with E-state index in [0.717, 1.165) is 0 Å². The molecule has 0 atom stereocenters. The van der Waals surface area contributed by atoms with Gasteiger partial charge in [0.1, 0.15) is 5.78 Å². The summed E-state index contributed by atoms with van der Waals surface area (Å²) in [7, 11) is 0. The Morgan fingerprint density at radius 1 is 1.11 bits per heavy atom. The van der Waals surface area contributed by atoms with Crippen LogP contribution in [0.4, 0.5) is 0 Å². The lowest BCUT2D eigenvalue weighted by Crippen LogP contribution is -1.69. The predicted molar refractivity (Wildman–Crippen MR) is 45.8 cm³/mol. The Labute approximate surface area is 60.5 Å². The first-order chi connectivity index (χ1) is 3.15. The molecule has 0 bridgehead atoms. The molecule has 0 saturated heterocycles. The Hall–Kier alpha value is -0.330. The van der Waals surface area contributed by atoms with E-state index in [1.54, 1.807) is 0 Å². The summed E-state index contributed by atoms with van der Waals surface area (Å²) in [4.78, 5) is 9.44. The van der Waals surface area contributed by atoms with Gasteiger partial charge in [-0.05, 0) is 13.8 Å². The molecule has 0 aromatic rings. The lowest BCUT2D eigenvalue weighted by molar-refractivity contribution is -0.114. The van der Waals surface area contributed by atoms with Gasteiger partial charge in [-0.15, -0.1) is 0 Å². The summed E-state index contributed by atoms with van der Waals surface area (Å²) >= 11 is 0. The summed E-state index contributed by atoms with van der Waals surface area (Å²) in [6.07, 6.45) is 1.25. The third kappa shape index (κ3) is 2260. The number of carbonyl (C=O) groups excluding carboxylic acids is 1. The van der Waals surface area contributed by atoms with Gasteiger partial charge < -0.3 is 4.79 Å². The van der Waals surface area contributed by atoms with Crippen LogP contribution in [-0.4, -0.2) is 5.78 Å². The minimum absolute atomic E-state index is 0. The van der Waals surface area contributed by atoms with Gasteiger partial charge in [-0.1, -0.05) is 35.1 Å². The van der Waals surface area contributed by atoms with Crippen molar-refractivity contribution >= 4 is 5.78 Å². The average molecular weight is 134 g/mol. The van der Waals surface area contributed by atoms with Gasteiger partial charge in [0.25, 0.3) is 0 Å². The number of hydrogen-bond acceptors (Lipinski definition) is 1. The Bertz CT molecular complexity index is 35.8. The Kier molecular flexibility index (Phi) is 65.8. The van der Waals surface area contributed by atoms with Crippen molar-refractivity contribution in [2.75, 3.05) is 0 Å². The molecule has 60 valence electrons. The van der Waals surface area contributed by atoms with Crippen LogP contribution < -0.4 is 0 Å². The van der Waals surface area contributed by atoms with Crippen LogP contribution in [-0.2, 0) is 4.79 Å². The van der Waals surface area contributed by atoms with Crippen molar-refractivity contribution < 1.29 is 4.79 Å². The van der Waals surface area contributed by atoms with Crippen LogP contribution in [0, 0.1) is 0 Å². The van der Waals surface area contributed by atoms with E-state index in [9.17, 15) is 4.79 Å². The Balaban J connectivity index is -0.0000000233. The second-order valence-corrected chi connectivity index (χ2v) is 1.62. The molecule has 0 N–H and O–H groups in total. The lowest BCUT2D eigenvalue weighted by Gasteiger charge is -1.56. The predicted octanol–water partition coefficient (Wildman–Crippen LogP) is 3.28. The summed E-state index contributed by atoms with van der Waals surface area (Å²) in [6.45, 7) is 7.31. The van der Waals surface area contributed by atoms with Gasteiger partial charge >= 0.3 is 0 Å². The molecule has 0 rings (SSSR count). The molecule has 9 heavy (non-hydrogen) atoms. The first kappa shape index (κ1) is 23.4. The molecule has 0 aliphatic rings. The van der Waals surface area contributed by atoms with Crippen molar-refractivity contribution in [2.24, 2.45) is 0 Å². The van der Waals surface area contributed by atoms with Crippen molar-refractivity contribution in [3.8, 4) is 0 Å². The van der Waals surface area contributed by atoms with Crippen molar-refractivity contribution in [3.05, 3.63) is 0 Å². The molecule has 0 saturated carbocycles. The van der Waals surface area contributed by atoms with Crippen molar-refractivity contribution in [2.45, 2.75) is 49.0 Å². The number of hydrogen-bond donors (Lipinski definition) is 0. The van der Waals surface area contributed by atoms with Crippen LogP contribution >= 0.6 is 0 Å². The highest BCUT2D eigenvalue weighted by atomic mass is 16.1. The maximum absolute atomic E-state index is 9.44. The fraction of sp³-hybridized carbons (Fsp3) is 0.875. The first-order valence-corrected chi connectivity index (χ1v) is 2.62. The maximum Gasteiger partial charge on any atom is 0.126 e. The highest BCUT2D eigenvalue weighted by Gasteiger charge is 1.62. The maximum atomic E-state index is 9.44. The standard InChI is InChI=1S/C3H6O.C3H8.2CH4/c1-3(2)4;1-3-2;;/h1-2H3;3H2,1-2H3;2*1H4. The SMILES string of the molecule is C.C.CC(C)=O.CCC. The Morgan fingerprint density at radius 3 is 1.11 bits per heavy atom. The minimum Gasteiger partial charge on any atom is -0.300 e. The summed E-state index contributed by atoms with van der Waals surface area (Å²) in [5.41, 5.74) is 0. The number of carbonyl (C=O) groups is 1. The quantitative estimate of drug-likeness (QED) is 0.497. The fourth-order valence-corrected chi connectivity index (χ4v) is 0.